The van der Waals surface area contributed by atoms with E-state index in [2.05, 4.69) is 4.74 Å². The van der Waals surface area contributed by atoms with Crippen molar-refractivity contribution < 1.29 is 19.4 Å². The predicted molar refractivity (Wildman–Crippen MR) is 63.1 cm³/mol. The Morgan fingerprint density at radius 2 is 1.81 bits per heavy atom. The molecule has 1 N–H and O–H groups in total. The van der Waals surface area contributed by atoms with E-state index in [1.807, 2.05) is 6.92 Å². The Hall–Kier alpha value is -1.58. The SMILES string of the molecule is C/C=C/C(=O)OCC.CC=C(CC)C(=O)O. The minimum atomic E-state index is -0.810. The molecule has 0 saturated heterocycles. The highest BCUT2D eigenvalue weighted by Crippen LogP contribution is 1.97. The molecule has 0 radical (unpaired) electrons. The van der Waals surface area contributed by atoms with Crippen LogP contribution in [0, 0.1) is 0 Å². The van der Waals surface area contributed by atoms with Crippen molar-refractivity contribution in [2.24, 2.45) is 0 Å². The van der Waals surface area contributed by atoms with E-state index in [1.165, 1.54) is 6.08 Å². The van der Waals surface area contributed by atoms with Gasteiger partial charge in [0.15, 0.2) is 0 Å². The molecule has 0 rings (SSSR count). The molecule has 0 spiro atoms. The first-order chi connectivity index (χ1) is 7.53. The summed E-state index contributed by atoms with van der Waals surface area (Å²) in [5.74, 6) is -1.08. The van der Waals surface area contributed by atoms with Crippen molar-refractivity contribution in [2.75, 3.05) is 6.61 Å². The normalized spacial score (nSPS) is 10.6. The Bertz CT molecular complexity index is 262. The van der Waals surface area contributed by atoms with Crippen LogP contribution in [0.25, 0.3) is 0 Å². The lowest BCUT2D eigenvalue weighted by Crippen LogP contribution is -1.98. The van der Waals surface area contributed by atoms with Crippen LogP contribution in [0.15, 0.2) is 23.8 Å². The largest absolute Gasteiger partial charge is 0.478 e. The fourth-order valence-electron chi connectivity index (χ4n) is 0.805. The van der Waals surface area contributed by atoms with E-state index in [0.717, 1.165) is 0 Å². The lowest BCUT2D eigenvalue weighted by Gasteiger charge is -1.91. The molecule has 0 amide bonds. The summed E-state index contributed by atoms with van der Waals surface area (Å²) in [7, 11) is 0. The number of aliphatic carboxylic acids is 1. The first kappa shape index (κ1) is 16.8. The molecule has 0 aliphatic rings. The summed E-state index contributed by atoms with van der Waals surface area (Å²) in [6.07, 6.45) is 5.26. The Kier molecular flexibility index (Phi) is 12.1. The van der Waals surface area contributed by atoms with Gasteiger partial charge in [-0.15, -0.1) is 0 Å². The predicted octanol–water partition coefficient (Wildman–Crippen LogP) is 2.55. The van der Waals surface area contributed by atoms with Crippen LogP contribution in [0.4, 0.5) is 0 Å². The standard InChI is InChI=1S/2C6H10O2/c1-3-5-6(7)8-4-2;1-3-5(4-2)6(7)8/h3,5H,4H2,1-2H3;3H,4H2,1-2H3,(H,7,8)/b5-3+;. The van der Waals surface area contributed by atoms with Crippen molar-refractivity contribution in [3.05, 3.63) is 23.8 Å². The van der Waals surface area contributed by atoms with Crippen LogP contribution >= 0.6 is 0 Å². The van der Waals surface area contributed by atoms with E-state index >= 15 is 0 Å². The second-order valence-electron chi connectivity index (χ2n) is 2.72. The number of ether oxygens (including phenoxy) is 1. The number of carbonyl (C=O) groups excluding carboxylic acids is 1. The molecule has 16 heavy (non-hydrogen) atoms. The number of rotatable bonds is 4. The van der Waals surface area contributed by atoms with Crippen molar-refractivity contribution in [1.29, 1.82) is 0 Å². The van der Waals surface area contributed by atoms with E-state index in [0.29, 0.717) is 18.6 Å². The van der Waals surface area contributed by atoms with E-state index < -0.39 is 5.97 Å². The van der Waals surface area contributed by atoms with Crippen molar-refractivity contribution >= 4 is 11.9 Å². The van der Waals surface area contributed by atoms with E-state index in [-0.39, 0.29) is 5.97 Å². The summed E-state index contributed by atoms with van der Waals surface area (Å²) in [6.45, 7) is 7.55. The lowest BCUT2D eigenvalue weighted by atomic mass is 10.2. The van der Waals surface area contributed by atoms with Crippen LogP contribution in [0.2, 0.25) is 0 Å². The van der Waals surface area contributed by atoms with E-state index in [4.69, 9.17) is 5.11 Å². The first-order valence-corrected chi connectivity index (χ1v) is 5.21. The lowest BCUT2D eigenvalue weighted by molar-refractivity contribution is -0.137. The Labute approximate surface area is 96.6 Å². The molecule has 0 aliphatic carbocycles. The van der Waals surface area contributed by atoms with Crippen LogP contribution in [0.3, 0.4) is 0 Å². The number of carboxylic acid groups (broad SMARTS) is 1. The number of hydrogen-bond acceptors (Lipinski definition) is 3. The molecule has 0 aromatic carbocycles. The van der Waals surface area contributed by atoms with E-state index in [9.17, 15) is 9.59 Å². The quantitative estimate of drug-likeness (QED) is 0.593. The van der Waals surface area contributed by atoms with Gasteiger partial charge in [0, 0.05) is 11.6 Å². The molecule has 4 nitrogen and oxygen atoms in total. The molecule has 0 saturated carbocycles. The van der Waals surface area contributed by atoms with Crippen molar-refractivity contribution in [2.45, 2.75) is 34.1 Å². The van der Waals surface area contributed by atoms with Crippen LogP contribution in [0.5, 0.6) is 0 Å². The number of carbonyl (C=O) groups is 2. The summed E-state index contributed by atoms with van der Waals surface area (Å²) in [5, 5.41) is 8.30. The maximum absolute atomic E-state index is 10.3. The van der Waals surface area contributed by atoms with Crippen molar-refractivity contribution in [3.63, 3.8) is 0 Å². The topological polar surface area (TPSA) is 63.6 Å². The Morgan fingerprint density at radius 3 is 2.00 bits per heavy atom. The third-order valence-corrected chi connectivity index (χ3v) is 1.59. The third kappa shape index (κ3) is 10.5. The maximum Gasteiger partial charge on any atom is 0.331 e. The zero-order valence-electron chi connectivity index (χ0n) is 10.3. The molecule has 0 aromatic rings. The average Bonchev–Trinajstić information content (AvgIpc) is 2.20. The molecular weight excluding hydrogens is 208 g/mol. The zero-order chi connectivity index (χ0) is 13.0. The zero-order valence-corrected chi connectivity index (χ0v) is 10.3. The monoisotopic (exact) mass is 228 g/mol. The van der Waals surface area contributed by atoms with Gasteiger partial charge in [0.2, 0.25) is 0 Å². The van der Waals surface area contributed by atoms with Crippen LogP contribution < -0.4 is 0 Å². The first-order valence-electron chi connectivity index (χ1n) is 5.21. The van der Waals surface area contributed by atoms with Gasteiger partial charge in [0.1, 0.15) is 0 Å². The minimum absolute atomic E-state index is 0.269. The number of allylic oxidation sites excluding steroid dienone is 2. The summed E-state index contributed by atoms with van der Waals surface area (Å²) in [4.78, 5) is 20.4. The van der Waals surface area contributed by atoms with Gasteiger partial charge < -0.3 is 9.84 Å². The molecular formula is C12H20O4. The second-order valence-corrected chi connectivity index (χ2v) is 2.72. The molecule has 0 aromatic heterocycles. The van der Waals surface area contributed by atoms with Gasteiger partial charge in [-0.05, 0) is 27.2 Å². The van der Waals surface area contributed by atoms with Crippen molar-refractivity contribution in [3.8, 4) is 0 Å². The van der Waals surface area contributed by atoms with Gasteiger partial charge in [-0.1, -0.05) is 19.1 Å². The molecule has 0 bridgehead atoms. The number of hydrogen-bond donors (Lipinski definition) is 1. The van der Waals surface area contributed by atoms with Crippen LogP contribution in [-0.2, 0) is 14.3 Å². The van der Waals surface area contributed by atoms with Gasteiger partial charge in [-0.3, -0.25) is 0 Å². The Balaban J connectivity index is 0. The fraction of sp³-hybridized carbons (Fsp3) is 0.500. The number of esters is 1. The summed E-state index contributed by atoms with van der Waals surface area (Å²) in [6, 6.07) is 0. The van der Waals surface area contributed by atoms with Crippen LogP contribution in [0.1, 0.15) is 34.1 Å². The molecule has 0 aliphatic heterocycles. The van der Waals surface area contributed by atoms with Gasteiger partial charge in [0.25, 0.3) is 0 Å². The summed E-state index contributed by atoms with van der Waals surface area (Å²) >= 11 is 0. The highest BCUT2D eigenvalue weighted by Gasteiger charge is 1.99. The molecule has 0 atom stereocenters. The van der Waals surface area contributed by atoms with E-state index in [1.54, 1.807) is 32.9 Å². The number of carboxylic acids is 1. The van der Waals surface area contributed by atoms with Crippen LogP contribution in [-0.4, -0.2) is 23.7 Å². The summed E-state index contributed by atoms with van der Waals surface area (Å²) in [5.41, 5.74) is 0.477. The maximum atomic E-state index is 10.3. The minimum Gasteiger partial charge on any atom is -0.478 e. The highest BCUT2D eigenvalue weighted by atomic mass is 16.5. The third-order valence-electron chi connectivity index (χ3n) is 1.59. The second kappa shape index (κ2) is 11.5. The fourth-order valence-corrected chi connectivity index (χ4v) is 0.805. The molecule has 4 heteroatoms. The van der Waals surface area contributed by atoms with Gasteiger partial charge in [-0.25, -0.2) is 9.59 Å². The van der Waals surface area contributed by atoms with Crippen molar-refractivity contribution in [1.82, 2.24) is 0 Å². The van der Waals surface area contributed by atoms with Gasteiger partial charge in [-0.2, -0.15) is 0 Å². The summed E-state index contributed by atoms with van der Waals surface area (Å²) < 4.78 is 4.56. The Morgan fingerprint density at radius 1 is 1.25 bits per heavy atom. The molecule has 92 valence electrons. The molecule has 0 heterocycles. The van der Waals surface area contributed by atoms with Gasteiger partial charge in [0.05, 0.1) is 6.61 Å². The average molecular weight is 228 g/mol. The molecule has 0 unspecified atom stereocenters. The smallest absolute Gasteiger partial charge is 0.331 e. The highest BCUT2D eigenvalue weighted by molar-refractivity contribution is 5.86. The molecule has 0 fully saturated rings. The van der Waals surface area contributed by atoms with Gasteiger partial charge >= 0.3 is 11.9 Å².